The van der Waals surface area contributed by atoms with E-state index < -0.39 is 0 Å². The van der Waals surface area contributed by atoms with E-state index in [1.807, 2.05) is 55.1 Å². The minimum atomic E-state index is 0. The molecular weight excluding hydrogens is 848 g/mol. The molecule has 365 valence electrons. The molecule has 70 heavy (non-hydrogen) atoms. The van der Waals surface area contributed by atoms with Gasteiger partial charge in [-0.25, -0.2) is 0 Å². The quantitative estimate of drug-likeness (QED) is 0.176. The van der Waals surface area contributed by atoms with E-state index in [9.17, 15) is 0 Å². The third-order valence-electron chi connectivity index (χ3n) is 9.79. The van der Waals surface area contributed by atoms with Crippen molar-refractivity contribution in [3.8, 4) is 0 Å². The maximum atomic E-state index is 4.18. The standard InChI is InChI=1S/C9H12.2C8H13N.2C8H11N.2C7H12N2.7B/c1-8(2)9-6-4-3-5-7-9;1-7(2)8-3-5-9-6-4-8;2*1-7(2)8-4-3-5-9-6-8;1-7(2)8-5-3-4-6-9-8;1-6(2)7-3-4-8-9-5-7;1-6(2)7-4-3-5-8-9-7;;;;;;;/h3-8H,1-2H3;3-5,7,9H,6H2,1-2H3;3-4,6-7,9H,5H2,1-2H3;2*3-7H,1-2H3;3,5-6,8H,4H2,1-2H3;3-4,6,8H,5H2,1-2H3;;;;;;;. The van der Waals surface area contributed by atoms with E-state index in [1.165, 1.54) is 27.8 Å². The van der Waals surface area contributed by atoms with Gasteiger partial charge in [0, 0.05) is 109 Å². The third kappa shape index (κ3) is 38.8. The molecule has 0 amide bonds. The van der Waals surface area contributed by atoms with Crippen molar-refractivity contribution in [2.75, 3.05) is 26.2 Å². The van der Waals surface area contributed by atoms with Crippen molar-refractivity contribution in [2.24, 2.45) is 33.9 Å². The Labute approximate surface area is 442 Å². The van der Waals surface area contributed by atoms with Crippen LogP contribution in [0, 0.1) is 23.7 Å². The van der Waals surface area contributed by atoms with Gasteiger partial charge in [0.2, 0.25) is 0 Å². The highest BCUT2D eigenvalue weighted by atomic mass is 15.3. The number of aromatic nitrogens is 2. The fraction of sp³-hybridized carbons (Fsp3) is 0.455. The van der Waals surface area contributed by atoms with Gasteiger partial charge < -0.3 is 21.5 Å². The zero-order valence-corrected chi connectivity index (χ0v) is 45.5. The van der Waals surface area contributed by atoms with Crippen LogP contribution in [0.1, 0.15) is 132 Å². The van der Waals surface area contributed by atoms with Gasteiger partial charge in [0.25, 0.3) is 0 Å². The van der Waals surface area contributed by atoms with Gasteiger partial charge in [-0.1, -0.05) is 170 Å². The van der Waals surface area contributed by atoms with E-state index in [4.69, 9.17) is 0 Å². The Morgan fingerprint density at radius 2 is 1.01 bits per heavy atom. The highest BCUT2D eigenvalue weighted by molar-refractivity contribution is 5.96. The molecule has 7 rings (SSSR count). The predicted molar refractivity (Wildman–Crippen MR) is 316 cm³/mol. The lowest BCUT2D eigenvalue weighted by atomic mass is 10.0. The molecule has 4 aliphatic rings. The van der Waals surface area contributed by atoms with E-state index >= 15 is 0 Å². The summed E-state index contributed by atoms with van der Waals surface area (Å²) in [5.74, 6) is 4.26. The zero-order chi connectivity index (χ0) is 46.8. The van der Waals surface area contributed by atoms with Crippen LogP contribution in [0.15, 0.2) is 161 Å². The van der Waals surface area contributed by atoms with E-state index in [0.29, 0.717) is 41.4 Å². The Morgan fingerprint density at radius 1 is 0.443 bits per heavy atom. The number of benzene rings is 1. The second-order valence-corrected chi connectivity index (χ2v) is 17.6. The highest BCUT2D eigenvalue weighted by Gasteiger charge is 2.03. The number of allylic oxidation sites excluding steroid dienone is 6. The average molecular weight is 933 g/mol. The van der Waals surface area contributed by atoms with E-state index in [0.717, 1.165) is 37.6 Å². The van der Waals surface area contributed by atoms with Crippen LogP contribution in [0.5, 0.6) is 0 Å². The molecule has 0 aliphatic carbocycles. The fourth-order valence-electron chi connectivity index (χ4n) is 5.52. The monoisotopic (exact) mass is 934 g/mol. The Kier molecular flexibility index (Phi) is 55.3. The van der Waals surface area contributed by atoms with Gasteiger partial charge in [0.15, 0.2) is 0 Å². The number of hydrogen-bond donors (Lipinski definition) is 4. The van der Waals surface area contributed by atoms with Gasteiger partial charge in [0.05, 0.1) is 18.8 Å². The van der Waals surface area contributed by atoms with Crippen LogP contribution in [0.4, 0.5) is 0 Å². The van der Waals surface area contributed by atoms with Gasteiger partial charge in [-0.05, 0) is 106 Å². The first-order valence-corrected chi connectivity index (χ1v) is 23.1. The number of dihydropyridines is 2. The van der Waals surface area contributed by atoms with Gasteiger partial charge in [0.1, 0.15) is 0 Å². The van der Waals surface area contributed by atoms with Crippen LogP contribution in [0.2, 0.25) is 0 Å². The van der Waals surface area contributed by atoms with Crippen molar-refractivity contribution in [3.05, 3.63) is 168 Å². The topological polar surface area (TPSA) is 98.6 Å². The first-order valence-electron chi connectivity index (χ1n) is 23.1. The summed E-state index contributed by atoms with van der Waals surface area (Å²) in [6.45, 7) is 34.2. The van der Waals surface area contributed by atoms with E-state index in [1.54, 1.807) is 6.20 Å². The Balaban J connectivity index is -0.000000130. The third-order valence-corrected chi connectivity index (χ3v) is 9.79. The molecule has 2 aromatic heterocycles. The molecule has 4 aliphatic heterocycles. The Morgan fingerprint density at radius 3 is 1.31 bits per heavy atom. The maximum Gasteiger partial charge on any atom is 0.0626 e. The first kappa shape index (κ1) is 79.1. The minimum absolute atomic E-state index is 0. The molecule has 0 fully saturated rings. The maximum absolute atomic E-state index is 4.18. The van der Waals surface area contributed by atoms with Crippen molar-refractivity contribution in [1.82, 2.24) is 31.5 Å². The summed E-state index contributed by atoms with van der Waals surface area (Å²) >= 11 is 0. The number of nitrogens with one attached hydrogen (secondary N) is 4. The van der Waals surface area contributed by atoms with Crippen molar-refractivity contribution in [2.45, 2.75) is 115 Å². The van der Waals surface area contributed by atoms with Gasteiger partial charge in [-0.2, -0.15) is 10.2 Å². The average Bonchev–Trinajstić information content (AvgIpc) is 3.32. The molecule has 1 aromatic carbocycles. The second kappa shape index (κ2) is 49.0. The number of nitrogens with zero attached hydrogens (tertiary/aromatic N) is 4. The lowest BCUT2D eigenvalue weighted by Gasteiger charge is -2.10. The molecule has 0 spiro atoms. The summed E-state index contributed by atoms with van der Waals surface area (Å²) in [5.41, 5.74) is 15.0. The minimum Gasteiger partial charge on any atom is -0.387 e. The molecule has 0 unspecified atom stereocenters. The summed E-state index contributed by atoms with van der Waals surface area (Å²) < 4.78 is 0. The molecule has 3 aromatic rings. The zero-order valence-electron chi connectivity index (χ0n) is 45.5. The molecule has 8 nitrogen and oxygen atoms in total. The predicted octanol–water partition coefficient (Wildman–Crippen LogP) is 10.2. The van der Waals surface area contributed by atoms with Crippen molar-refractivity contribution in [3.63, 3.8) is 0 Å². The molecule has 4 N–H and O–H groups in total. The van der Waals surface area contributed by atoms with Crippen LogP contribution < -0.4 is 21.5 Å². The van der Waals surface area contributed by atoms with Gasteiger partial charge >= 0.3 is 0 Å². The molecule has 6 heterocycles. The lowest BCUT2D eigenvalue weighted by Crippen LogP contribution is -2.17. The molecule has 0 bridgehead atoms. The fourth-order valence-corrected chi connectivity index (χ4v) is 5.52. The van der Waals surface area contributed by atoms with Crippen molar-refractivity contribution in [1.29, 1.82) is 0 Å². The number of rotatable bonds is 7. The molecule has 0 saturated heterocycles. The van der Waals surface area contributed by atoms with Crippen LogP contribution >= 0.6 is 0 Å². The largest absolute Gasteiger partial charge is 0.387 e. The molecule has 21 radical (unpaired) electrons. The van der Waals surface area contributed by atoms with Crippen molar-refractivity contribution >= 4 is 70.8 Å². The van der Waals surface area contributed by atoms with E-state index in [-0.39, 0.29) is 58.9 Å². The molecule has 0 atom stereocenters. The van der Waals surface area contributed by atoms with Crippen LogP contribution in [-0.2, 0) is 0 Å². The van der Waals surface area contributed by atoms with Gasteiger partial charge in [-0.3, -0.25) is 9.97 Å². The molecular formula is C55H84B7N8. The van der Waals surface area contributed by atoms with Crippen LogP contribution in [0.25, 0.3) is 0 Å². The molecule has 15 heteroatoms. The Hall–Kier alpha value is -5.05. The second-order valence-electron chi connectivity index (χ2n) is 17.6. The summed E-state index contributed by atoms with van der Waals surface area (Å²) in [7, 11) is 0. The highest BCUT2D eigenvalue weighted by Crippen LogP contribution is 2.14. The van der Waals surface area contributed by atoms with Crippen molar-refractivity contribution < 1.29 is 0 Å². The van der Waals surface area contributed by atoms with Gasteiger partial charge in [-0.15, -0.1) is 0 Å². The number of hydrazone groups is 2. The smallest absolute Gasteiger partial charge is 0.0626 e. The first-order chi connectivity index (χ1) is 30.1. The SMILES string of the molecule is CC(C)C1=CCNC=C1.CC(C)C1=CCNN=C1.CC(C)C1=CNCC=C1.CC(C)C1=NNCC=C1.CC(C)c1ccccc1.CC(C)c1ccccn1.CC(C)c1cccnc1.[B].[B].[B].[B].[B].[B].[B]. The molecule has 0 saturated carbocycles. The van der Waals surface area contributed by atoms with E-state index in [2.05, 4.69) is 218 Å². The Bertz CT molecular complexity index is 1630. The summed E-state index contributed by atoms with van der Waals surface area (Å²) in [4.78, 5) is 8.18. The van der Waals surface area contributed by atoms with Crippen LogP contribution in [-0.4, -0.2) is 107 Å². The van der Waals surface area contributed by atoms with Crippen LogP contribution in [0.3, 0.4) is 0 Å². The lowest BCUT2D eigenvalue weighted by molar-refractivity contribution is 0.755. The summed E-state index contributed by atoms with van der Waals surface area (Å²) in [6.07, 6.45) is 26.5. The summed E-state index contributed by atoms with van der Waals surface area (Å²) in [5, 5.41) is 14.3. The summed E-state index contributed by atoms with van der Waals surface area (Å²) in [6, 6.07) is 20.6. The number of hydrogen-bond acceptors (Lipinski definition) is 8. The normalized spacial score (nSPS) is 12.9. The number of pyridine rings is 2.